The zero-order valence-corrected chi connectivity index (χ0v) is 12.1. The predicted octanol–water partition coefficient (Wildman–Crippen LogP) is 3.24. The van der Waals surface area contributed by atoms with E-state index in [2.05, 4.69) is 27.3 Å². The van der Waals surface area contributed by atoms with Gasteiger partial charge < -0.3 is 10.1 Å². The summed E-state index contributed by atoms with van der Waals surface area (Å²) in [6.45, 7) is 1.49. The van der Waals surface area contributed by atoms with E-state index >= 15 is 0 Å². The van der Waals surface area contributed by atoms with Gasteiger partial charge in [-0.05, 0) is 31.0 Å². The molecule has 2 rings (SSSR count). The molecule has 0 radical (unpaired) electrons. The lowest BCUT2D eigenvalue weighted by molar-refractivity contribution is 0.206. The van der Waals surface area contributed by atoms with Crippen molar-refractivity contribution in [2.24, 2.45) is 5.41 Å². The number of nitrogens with one attached hydrogen (secondary N) is 1. The molecule has 1 aromatic carbocycles. The number of benzene rings is 1. The van der Waals surface area contributed by atoms with Crippen molar-refractivity contribution in [3.05, 3.63) is 28.2 Å². The molecule has 0 unspecified atom stereocenters. The highest BCUT2D eigenvalue weighted by atomic mass is 79.9. The number of rotatable bonds is 5. The van der Waals surface area contributed by atoms with Crippen LogP contribution >= 0.6 is 15.9 Å². The minimum absolute atomic E-state index is 0.126. The Morgan fingerprint density at radius 2 is 2.28 bits per heavy atom. The quantitative estimate of drug-likeness (QED) is 0.908. The SMILES string of the molecule is COc1ccc(Br)cc1CNCC1(C#N)CCC1. The monoisotopic (exact) mass is 308 g/mol. The summed E-state index contributed by atoms with van der Waals surface area (Å²) < 4.78 is 6.36. The Hall–Kier alpha value is -1.05. The van der Waals surface area contributed by atoms with E-state index in [-0.39, 0.29) is 5.41 Å². The molecule has 1 saturated carbocycles. The molecule has 0 aliphatic heterocycles. The standard InChI is InChI=1S/C14H17BrN2O/c1-18-13-4-3-12(15)7-11(13)8-17-10-14(9-16)5-2-6-14/h3-4,7,17H,2,5-6,8,10H2,1H3. The predicted molar refractivity (Wildman–Crippen MR) is 74.3 cm³/mol. The number of nitrogens with zero attached hydrogens (tertiary/aromatic N) is 1. The Balaban J connectivity index is 1.94. The smallest absolute Gasteiger partial charge is 0.123 e. The van der Waals surface area contributed by atoms with Crippen LogP contribution in [0.3, 0.4) is 0 Å². The zero-order valence-electron chi connectivity index (χ0n) is 10.5. The van der Waals surface area contributed by atoms with Crippen molar-refractivity contribution in [1.82, 2.24) is 5.32 Å². The summed E-state index contributed by atoms with van der Waals surface area (Å²) in [6.07, 6.45) is 3.22. The molecule has 96 valence electrons. The molecule has 0 saturated heterocycles. The summed E-state index contributed by atoms with van der Waals surface area (Å²) in [7, 11) is 1.68. The third kappa shape index (κ3) is 2.85. The summed E-state index contributed by atoms with van der Waals surface area (Å²) in [5, 5.41) is 12.5. The average molecular weight is 309 g/mol. The van der Waals surface area contributed by atoms with Crippen molar-refractivity contribution in [2.75, 3.05) is 13.7 Å². The summed E-state index contributed by atoms with van der Waals surface area (Å²) in [5.74, 6) is 0.880. The molecule has 3 nitrogen and oxygen atoms in total. The van der Waals surface area contributed by atoms with Gasteiger partial charge in [0.05, 0.1) is 18.6 Å². The second kappa shape index (κ2) is 5.73. The first-order valence-electron chi connectivity index (χ1n) is 6.13. The fraction of sp³-hybridized carbons (Fsp3) is 0.500. The normalized spacial score (nSPS) is 16.7. The van der Waals surface area contributed by atoms with E-state index in [4.69, 9.17) is 10.00 Å². The van der Waals surface area contributed by atoms with Crippen LogP contribution in [0.5, 0.6) is 5.75 Å². The van der Waals surface area contributed by atoms with Gasteiger partial charge >= 0.3 is 0 Å². The largest absolute Gasteiger partial charge is 0.496 e. The Morgan fingerprint density at radius 1 is 1.50 bits per heavy atom. The lowest BCUT2D eigenvalue weighted by Crippen LogP contribution is -2.38. The van der Waals surface area contributed by atoms with Gasteiger partial charge in [0, 0.05) is 23.1 Å². The van der Waals surface area contributed by atoms with Gasteiger partial charge in [0.2, 0.25) is 0 Å². The van der Waals surface area contributed by atoms with Gasteiger partial charge in [0.15, 0.2) is 0 Å². The van der Waals surface area contributed by atoms with Crippen LogP contribution in [0.2, 0.25) is 0 Å². The van der Waals surface area contributed by atoms with Crippen LogP contribution in [-0.2, 0) is 6.54 Å². The maximum atomic E-state index is 9.16. The van der Waals surface area contributed by atoms with Crippen molar-refractivity contribution in [3.63, 3.8) is 0 Å². The van der Waals surface area contributed by atoms with Crippen LogP contribution < -0.4 is 10.1 Å². The third-order valence-corrected chi connectivity index (χ3v) is 4.06. The molecule has 0 atom stereocenters. The fourth-order valence-corrected chi connectivity index (χ4v) is 2.66. The molecule has 1 aliphatic rings. The van der Waals surface area contributed by atoms with E-state index in [9.17, 15) is 0 Å². The molecule has 4 heteroatoms. The first kappa shape index (κ1) is 13.4. The number of nitriles is 1. The lowest BCUT2D eigenvalue weighted by Gasteiger charge is -2.35. The molecule has 0 spiro atoms. The highest BCUT2D eigenvalue weighted by molar-refractivity contribution is 9.10. The highest BCUT2D eigenvalue weighted by Gasteiger charge is 2.36. The number of hydrogen-bond acceptors (Lipinski definition) is 3. The van der Waals surface area contributed by atoms with Crippen molar-refractivity contribution in [1.29, 1.82) is 5.26 Å². The Kier molecular flexibility index (Phi) is 4.26. The second-order valence-electron chi connectivity index (χ2n) is 4.81. The number of methoxy groups -OCH3 is 1. The van der Waals surface area contributed by atoms with Crippen molar-refractivity contribution >= 4 is 15.9 Å². The molecule has 18 heavy (non-hydrogen) atoms. The lowest BCUT2D eigenvalue weighted by atomic mass is 9.70. The van der Waals surface area contributed by atoms with Gasteiger partial charge in [0.25, 0.3) is 0 Å². The van der Waals surface area contributed by atoms with Crippen molar-refractivity contribution < 1.29 is 4.74 Å². The van der Waals surface area contributed by atoms with Gasteiger partial charge in [0.1, 0.15) is 5.75 Å². The molecule has 0 amide bonds. The van der Waals surface area contributed by atoms with Gasteiger partial charge in [-0.3, -0.25) is 0 Å². The maximum Gasteiger partial charge on any atom is 0.123 e. The van der Waals surface area contributed by atoms with Crippen LogP contribution in [0.1, 0.15) is 24.8 Å². The molecule has 1 aromatic rings. The molecular weight excluding hydrogens is 292 g/mol. The summed E-state index contributed by atoms with van der Waals surface area (Å²) in [4.78, 5) is 0. The van der Waals surface area contributed by atoms with E-state index in [1.165, 1.54) is 6.42 Å². The summed E-state index contributed by atoms with van der Waals surface area (Å²) in [6, 6.07) is 8.40. The van der Waals surface area contributed by atoms with Crippen molar-refractivity contribution in [3.8, 4) is 11.8 Å². The second-order valence-corrected chi connectivity index (χ2v) is 5.72. The average Bonchev–Trinajstić information content (AvgIpc) is 2.33. The van der Waals surface area contributed by atoms with E-state index < -0.39 is 0 Å². The van der Waals surface area contributed by atoms with Crippen LogP contribution in [0, 0.1) is 16.7 Å². The first-order chi connectivity index (χ1) is 8.69. The van der Waals surface area contributed by atoms with E-state index in [0.717, 1.165) is 41.7 Å². The van der Waals surface area contributed by atoms with Crippen LogP contribution in [-0.4, -0.2) is 13.7 Å². The molecular formula is C14H17BrN2O. The maximum absolute atomic E-state index is 9.16. The van der Waals surface area contributed by atoms with E-state index in [0.29, 0.717) is 0 Å². The summed E-state index contributed by atoms with van der Waals surface area (Å²) >= 11 is 3.46. The minimum Gasteiger partial charge on any atom is -0.496 e. The van der Waals surface area contributed by atoms with Crippen LogP contribution in [0.4, 0.5) is 0 Å². The third-order valence-electron chi connectivity index (χ3n) is 3.57. The van der Waals surface area contributed by atoms with E-state index in [1.807, 2.05) is 18.2 Å². The van der Waals surface area contributed by atoms with E-state index in [1.54, 1.807) is 7.11 Å². The first-order valence-corrected chi connectivity index (χ1v) is 6.93. The van der Waals surface area contributed by atoms with Crippen LogP contribution in [0.15, 0.2) is 22.7 Å². The molecule has 0 aromatic heterocycles. The molecule has 1 aliphatic carbocycles. The van der Waals surface area contributed by atoms with Gasteiger partial charge in [-0.15, -0.1) is 0 Å². The Morgan fingerprint density at radius 3 is 2.83 bits per heavy atom. The zero-order chi connectivity index (χ0) is 13.0. The topological polar surface area (TPSA) is 45.0 Å². The van der Waals surface area contributed by atoms with Gasteiger partial charge in [-0.2, -0.15) is 5.26 Å². The Labute approximate surface area is 116 Å². The minimum atomic E-state index is -0.126. The van der Waals surface area contributed by atoms with Crippen molar-refractivity contribution in [2.45, 2.75) is 25.8 Å². The number of ether oxygens (including phenoxy) is 1. The number of halogens is 1. The molecule has 1 fully saturated rings. The van der Waals surface area contributed by atoms with Gasteiger partial charge in [-0.1, -0.05) is 22.4 Å². The van der Waals surface area contributed by atoms with Gasteiger partial charge in [-0.25, -0.2) is 0 Å². The molecule has 0 heterocycles. The Bertz CT molecular complexity index is 463. The molecule has 0 bridgehead atoms. The van der Waals surface area contributed by atoms with Crippen LogP contribution in [0.25, 0.3) is 0 Å². The summed E-state index contributed by atoms with van der Waals surface area (Å²) in [5.41, 5.74) is 0.985. The fourth-order valence-electron chi connectivity index (χ4n) is 2.25. The highest BCUT2D eigenvalue weighted by Crippen LogP contribution is 2.39. The molecule has 1 N–H and O–H groups in total. The number of hydrogen-bond donors (Lipinski definition) is 1.